The molecule has 1 aliphatic carbocycles. The first-order valence-electron chi connectivity index (χ1n) is 8.09. The SMILES string of the molecule is O=S(=O)(NC1CCC(Oc2ccc(Cl)cn2)CC1)c1ccc(F)c(Cl)c1. The molecular weight excluding hydrogens is 402 g/mol. The summed E-state index contributed by atoms with van der Waals surface area (Å²) in [7, 11) is -3.75. The predicted molar refractivity (Wildman–Crippen MR) is 97.7 cm³/mol. The second kappa shape index (κ2) is 8.08. The summed E-state index contributed by atoms with van der Waals surface area (Å²) in [5.74, 6) is -0.154. The maximum Gasteiger partial charge on any atom is 0.240 e. The minimum Gasteiger partial charge on any atom is -0.474 e. The molecule has 26 heavy (non-hydrogen) atoms. The fourth-order valence-corrected chi connectivity index (χ4v) is 4.52. The highest BCUT2D eigenvalue weighted by Gasteiger charge is 2.27. The Labute approximate surface area is 161 Å². The van der Waals surface area contributed by atoms with E-state index in [2.05, 4.69) is 9.71 Å². The van der Waals surface area contributed by atoms with Crippen molar-refractivity contribution in [2.45, 2.75) is 42.7 Å². The van der Waals surface area contributed by atoms with Gasteiger partial charge in [0.2, 0.25) is 15.9 Å². The molecule has 2 aromatic rings. The molecule has 1 N–H and O–H groups in total. The van der Waals surface area contributed by atoms with Crippen LogP contribution in [0.5, 0.6) is 5.88 Å². The summed E-state index contributed by atoms with van der Waals surface area (Å²) in [5, 5.41) is 0.316. The first-order chi connectivity index (χ1) is 12.3. The third-order valence-corrected chi connectivity index (χ3v) is 6.22. The van der Waals surface area contributed by atoms with Crippen molar-refractivity contribution in [3.05, 3.63) is 52.4 Å². The molecule has 140 valence electrons. The topological polar surface area (TPSA) is 68.3 Å². The van der Waals surface area contributed by atoms with Crippen LogP contribution in [-0.4, -0.2) is 25.5 Å². The Morgan fingerprint density at radius 1 is 1.12 bits per heavy atom. The third kappa shape index (κ3) is 4.85. The van der Waals surface area contributed by atoms with Crippen LogP contribution in [0.1, 0.15) is 25.7 Å². The lowest BCUT2D eigenvalue weighted by Gasteiger charge is -2.29. The second-order valence-electron chi connectivity index (χ2n) is 6.10. The van der Waals surface area contributed by atoms with Crippen molar-refractivity contribution in [2.24, 2.45) is 0 Å². The number of halogens is 3. The summed E-state index contributed by atoms with van der Waals surface area (Å²) in [6.45, 7) is 0. The van der Waals surface area contributed by atoms with E-state index in [0.29, 0.717) is 36.6 Å². The van der Waals surface area contributed by atoms with Crippen molar-refractivity contribution in [1.29, 1.82) is 0 Å². The number of aromatic nitrogens is 1. The molecule has 9 heteroatoms. The normalized spacial score (nSPS) is 20.7. The van der Waals surface area contributed by atoms with E-state index >= 15 is 0 Å². The number of pyridine rings is 1. The molecule has 0 atom stereocenters. The number of nitrogens with one attached hydrogen (secondary N) is 1. The van der Waals surface area contributed by atoms with Gasteiger partial charge in [0.05, 0.1) is 14.9 Å². The number of hydrogen-bond acceptors (Lipinski definition) is 4. The lowest BCUT2D eigenvalue weighted by molar-refractivity contribution is 0.138. The van der Waals surface area contributed by atoms with Gasteiger partial charge in [0.1, 0.15) is 11.9 Å². The van der Waals surface area contributed by atoms with Gasteiger partial charge in [-0.3, -0.25) is 0 Å². The quantitative estimate of drug-likeness (QED) is 0.789. The van der Waals surface area contributed by atoms with Crippen LogP contribution in [0.25, 0.3) is 0 Å². The highest BCUT2D eigenvalue weighted by molar-refractivity contribution is 7.89. The molecule has 3 rings (SSSR count). The van der Waals surface area contributed by atoms with E-state index in [9.17, 15) is 12.8 Å². The van der Waals surface area contributed by atoms with Crippen LogP contribution in [0.2, 0.25) is 10.0 Å². The van der Waals surface area contributed by atoms with Crippen LogP contribution >= 0.6 is 23.2 Å². The minimum atomic E-state index is -3.75. The van der Waals surface area contributed by atoms with Crippen molar-refractivity contribution in [2.75, 3.05) is 0 Å². The number of nitrogens with zero attached hydrogens (tertiary/aromatic N) is 1. The van der Waals surface area contributed by atoms with Crippen molar-refractivity contribution >= 4 is 33.2 Å². The van der Waals surface area contributed by atoms with Crippen molar-refractivity contribution in [3.8, 4) is 5.88 Å². The van der Waals surface area contributed by atoms with E-state index in [1.54, 1.807) is 12.1 Å². The molecule has 0 spiro atoms. The van der Waals surface area contributed by atoms with Gasteiger partial charge in [-0.15, -0.1) is 0 Å². The van der Waals surface area contributed by atoms with Crippen molar-refractivity contribution in [3.63, 3.8) is 0 Å². The van der Waals surface area contributed by atoms with Crippen LogP contribution in [0.3, 0.4) is 0 Å². The molecule has 1 heterocycles. The summed E-state index contributed by atoms with van der Waals surface area (Å²) in [6, 6.07) is 6.56. The van der Waals surface area contributed by atoms with Gasteiger partial charge in [-0.2, -0.15) is 0 Å². The summed E-state index contributed by atoms with van der Waals surface area (Å²) in [5.41, 5.74) is 0. The van der Waals surface area contributed by atoms with Crippen LogP contribution in [0.4, 0.5) is 4.39 Å². The van der Waals surface area contributed by atoms with E-state index in [1.165, 1.54) is 12.3 Å². The van der Waals surface area contributed by atoms with Crippen LogP contribution in [-0.2, 0) is 10.0 Å². The molecule has 1 aromatic carbocycles. The van der Waals surface area contributed by atoms with Gasteiger partial charge in [-0.1, -0.05) is 23.2 Å². The predicted octanol–water partition coefficient (Wildman–Crippen LogP) is 4.20. The fourth-order valence-electron chi connectivity index (χ4n) is 2.83. The molecule has 0 radical (unpaired) electrons. The van der Waals surface area contributed by atoms with E-state index in [0.717, 1.165) is 12.1 Å². The first-order valence-corrected chi connectivity index (χ1v) is 10.3. The zero-order valence-electron chi connectivity index (χ0n) is 13.7. The van der Waals surface area contributed by atoms with Crippen molar-refractivity contribution in [1.82, 2.24) is 9.71 Å². The molecule has 0 bridgehead atoms. The summed E-state index contributed by atoms with van der Waals surface area (Å²) >= 11 is 11.5. The molecule has 0 unspecified atom stereocenters. The number of benzene rings is 1. The molecule has 0 amide bonds. The van der Waals surface area contributed by atoms with Crippen LogP contribution in [0.15, 0.2) is 41.4 Å². The monoisotopic (exact) mass is 418 g/mol. The molecule has 1 fully saturated rings. The summed E-state index contributed by atoms with van der Waals surface area (Å²) in [4.78, 5) is 4.05. The number of hydrogen-bond donors (Lipinski definition) is 1. The van der Waals surface area contributed by atoms with Gasteiger partial charge < -0.3 is 4.74 Å². The summed E-state index contributed by atoms with van der Waals surface area (Å²) < 4.78 is 46.5. The zero-order valence-corrected chi connectivity index (χ0v) is 16.0. The second-order valence-corrected chi connectivity index (χ2v) is 8.66. The number of rotatable bonds is 5. The van der Waals surface area contributed by atoms with Crippen molar-refractivity contribution < 1.29 is 17.5 Å². The highest BCUT2D eigenvalue weighted by Crippen LogP contribution is 2.25. The van der Waals surface area contributed by atoms with Crippen LogP contribution < -0.4 is 9.46 Å². The average Bonchev–Trinajstić information content (AvgIpc) is 2.61. The van der Waals surface area contributed by atoms with E-state index in [-0.39, 0.29) is 22.1 Å². The Morgan fingerprint density at radius 2 is 1.85 bits per heavy atom. The largest absolute Gasteiger partial charge is 0.474 e. The van der Waals surface area contributed by atoms with Gasteiger partial charge in [0, 0.05) is 18.3 Å². The van der Waals surface area contributed by atoms with Gasteiger partial charge >= 0.3 is 0 Å². The van der Waals surface area contributed by atoms with Gasteiger partial charge in [-0.05, 0) is 49.9 Å². The Hall–Kier alpha value is -1.41. The molecule has 1 aromatic heterocycles. The lowest BCUT2D eigenvalue weighted by Crippen LogP contribution is -2.39. The van der Waals surface area contributed by atoms with Gasteiger partial charge in [0.15, 0.2) is 0 Å². The van der Waals surface area contributed by atoms with E-state index < -0.39 is 15.8 Å². The molecule has 0 aliphatic heterocycles. The van der Waals surface area contributed by atoms with E-state index in [4.69, 9.17) is 27.9 Å². The maximum absolute atomic E-state index is 13.2. The maximum atomic E-state index is 13.2. The smallest absolute Gasteiger partial charge is 0.240 e. The van der Waals surface area contributed by atoms with Gasteiger partial charge in [0.25, 0.3) is 0 Å². The molecule has 5 nitrogen and oxygen atoms in total. The molecule has 1 aliphatic rings. The van der Waals surface area contributed by atoms with Crippen LogP contribution in [0, 0.1) is 5.82 Å². The number of ether oxygens (including phenoxy) is 1. The highest BCUT2D eigenvalue weighted by atomic mass is 35.5. The first kappa shape index (κ1) is 19.4. The summed E-state index contributed by atoms with van der Waals surface area (Å²) in [6.07, 6.45) is 4.15. The Bertz CT molecular complexity index is 870. The Morgan fingerprint density at radius 3 is 2.46 bits per heavy atom. The Balaban J connectivity index is 1.56. The van der Waals surface area contributed by atoms with Gasteiger partial charge in [-0.25, -0.2) is 22.5 Å². The fraction of sp³-hybridized carbons (Fsp3) is 0.353. The lowest BCUT2D eigenvalue weighted by atomic mass is 9.94. The molecular formula is C17H17Cl2FN2O3S. The number of sulfonamides is 1. The molecule has 1 saturated carbocycles. The minimum absolute atomic E-state index is 0.0234. The average molecular weight is 419 g/mol. The third-order valence-electron chi connectivity index (χ3n) is 4.19. The van der Waals surface area contributed by atoms with E-state index in [1.807, 2.05) is 0 Å². The Kier molecular flexibility index (Phi) is 6.02. The molecule has 0 saturated heterocycles. The standard InChI is InChI=1S/C17H17Cl2FN2O3S/c18-11-1-8-17(21-10-11)25-13-4-2-12(3-5-13)22-26(23,24)14-6-7-16(20)15(19)9-14/h1,6-10,12-13,22H,2-5H2. The zero-order chi connectivity index (χ0) is 18.7.